The van der Waals surface area contributed by atoms with Gasteiger partial charge in [0.25, 0.3) is 0 Å². The molecule has 1 heterocycles. The fourth-order valence-corrected chi connectivity index (χ4v) is 2.81. The van der Waals surface area contributed by atoms with Gasteiger partial charge in [-0.1, -0.05) is 32.0 Å². The standard InChI is InChI=1S/C18H25NOS/c1-14(2)13-20-17-8-6-16(7-9-17)15(3)19-11-10-18-5-4-12-21-18/h4-9,12,14-15,19H,10-11,13H2,1-3H3. The summed E-state index contributed by atoms with van der Waals surface area (Å²) in [6.45, 7) is 8.31. The molecule has 21 heavy (non-hydrogen) atoms. The number of hydrogen-bond acceptors (Lipinski definition) is 3. The molecule has 0 aliphatic heterocycles. The summed E-state index contributed by atoms with van der Waals surface area (Å²) in [6, 6.07) is 13.1. The Morgan fingerprint density at radius 2 is 1.86 bits per heavy atom. The van der Waals surface area contributed by atoms with Gasteiger partial charge < -0.3 is 10.1 Å². The lowest BCUT2D eigenvalue weighted by Crippen LogP contribution is -2.21. The summed E-state index contributed by atoms with van der Waals surface area (Å²) in [5.41, 5.74) is 1.30. The van der Waals surface area contributed by atoms with Gasteiger partial charge in [0, 0.05) is 17.5 Å². The van der Waals surface area contributed by atoms with Crippen LogP contribution in [0.4, 0.5) is 0 Å². The molecule has 1 unspecified atom stereocenters. The Balaban J connectivity index is 1.77. The van der Waals surface area contributed by atoms with Gasteiger partial charge in [-0.3, -0.25) is 0 Å². The van der Waals surface area contributed by atoms with Crippen molar-refractivity contribution in [3.63, 3.8) is 0 Å². The lowest BCUT2D eigenvalue weighted by Gasteiger charge is -2.15. The van der Waals surface area contributed by atoms with E-state index in [1.165, 1.54) is 10.4 Å². The normalized spacial score (nSPS) is 12.6. The second-order valence-corrected chi connectivity index (χ2v) is 6.81. The molecule has 0 fully saturated rings. The first kappa shape index (κ1) is 16.1. The van der Waals surface area contributed by atoms with Crippen molar-refractivity contribution >= 4 is 11.3 Å². The zero-order valence-corrected chi connectivity index (χ0v) is 14.0. The van der Waals surface area contributed by atoms with Gasteiger partial charge in [0.2, 0.25) is 0 Å². The highest BCUT2D eigenvalue weighted by molar-refractivity contribution is 7.09. The van der Waals surface area contributed by atoms with Crippen LogP contribution in [0, 0.1) is 5.92 Å². The second kappa shape index (κ2) is 8.20. The third-order valence-electron chi connectivity index (χ3n) is 3.37. The zero-order chi connectivity index (χ0) is 15.1. The van der Waals surface area contributed by atoms with Crippen molar-refractivity contribution in [2.75, 3.05) is 13.2 Å². The van der Waals surface area contributed by atoms with E-state index >= 15 is 0 Å². The minimum absolute atomic E-state index is 0.365. The molecule has 0 radical (unpaired) electrons. The van der Waals surface area contributed by atoms with Crippen molar-refractivity contribution in [1.82, 2.24) is 5.32 Å². The minimum Gasteiger partial charge on any atom is -0.493 e. The van der Waals surface area contributed by atoms with Gasteiger partial charge in [-0.25, -0.2) is 0 Å². The molecular weight excluding hydrogens is 278 g/mol. The van der Waals surface area contributed by atoms with E-state index in [4.69, 9.17) is 4.74 Å². The quantitative estimate of drug-likeness (QED) is 0.765. The summed E-state index contributed by atoms with van der Waals surface area (Å²) < 4.78 is 5.71. The van der Waals surface area contributed by atoms with Crippen LogP contribution < -0.4 is 10.1 Å². The minimum atomic E-state index is 0.365. The first-order valence-electron chi connectivity index (χ1n) is 7.63. The van der Waals surface area contributed by atoms with Gasteiger partial charge in [0.15, 0.2) is 0 Å². The molecule has 0 amide bonds. The Kier molecular flexibility index (Phi) is 6.27. The van der Waals surface area contributed by atoms with Gasteiger partial charge in [-0.2, -0.15) is 0 Å². The van der Waals surface area contributed by atoms with E-state index in [0.717, 1.165) is 25.3 Å². The predicted octanol–water partition coefficient (Wildman–Crippen LogP) is 4.68. The maximum absolute atomic E-state index is 5.71. The number of thiophene rings is 1. The maximum atomic E-state index is 5.71. The molecule has 2 nitrogen and oxygen atoms in total. The molecule has 2 aromatic rings. The highest BCUT2D eigenvalue weighted by atomic mass is 32.1. The Labute approximate surface area is 132 Å². The van der Waals surface area contributed by atoms with E-state index in [0.29, 0.717) is 12.0 Å². The van der Waals surface area contributed by atoms with Crippen molar-refractivity contribution in [3.8, 4) is 5.75 Å². The Bertz CT molecular complexity index is 505. The van der Waals surface area contributed by atoms with Crippen molar-refractivity contribution in [2.45, 2.75) is 33.2 Å². The molecule has 1 aromatic carbocycles. The Morgan fingerprint density at radius 1 is 1.10 bits per heavy atom. The van der Waals surface area contributed by atoms with Crippen LogP contribution in [0.25, 0.3) is 0 Å². The summed E-state index contributed by atoms with van der Waals surface area (Å²) >= 11 is 1.82. The molecule has 1 atom stereocenters. The van der Waals surface area contributed by atoms with Gasteiger partial charge in [0.05, 0.1) is 6.61 Å². The van der Waals surface area contributed by atoms with Crippen LogP contribution in [-0.4, -0.2) is 13.2 Å². The van der Waals surface area contributed by atoms with Crippen LogP contribution in [0.5, 0.6) is 5.75 Å². The van der Waals surface area contributed by atoms with Crippen molar-refractivity contribution < 1.29 is 4.74 Å². The molecule has 114 valence electrons. The average molecular weight is 303 g/mol. The summed E-state index contributed by atoms with van der Waals surface area (Å²) in [7, 11) is 0. The molecule has 1 N–H and O–H groups in total. The van der Waals surface area contributed by atoms with E-state index < -0.39 is 0 Å². The monoisotopic (exact) mass is 303 g/mol. The number of nitrogens with one attached hydrogen (secondary N) is 1. The Hall–Kier alpha value is -1.32. The molecular formula is C18H25NOS. The molecule has 0 aliphatic carbocycles. The van der Waals surface area contributed by atoms with Crippen LogP contribution in [0.15, 0.2) is 41.8 Å². The van der Waals surface area contributed by atoms with E-state index in [9.17, 15) is 0 Å². The van der Waals surface area contributed by atoms with Crippen LogP contribution in [0.2, 0.25) is 0 Å². The summed E-state index contributed by atoms with van der Waals surface area (Å²) in [5, 5.41) is 5.71. The Morgan fingerprint density at radius 3 is 2.48 bits per heavy atom. The van der Waals surface area contributed by atoms with E-state index in [1.54, 1.807) is 0 Å². The smallest absolute Gasteiger partial charge is 0.119 e. The number of benzene rings is 1. The first-order chi connectivity index (χ1) is 10.1. The SMILES string of the molecule is CC(C)COc1ccc(C(C)NCCc2cccs2)cc1. The molecule has 1 aromatic heterocycles. The zero-order valence-electron chi connectivity index (χ0n) is 13.1. The molecule has 0 aliphatic rings. The molecule has 0 saturated carbocycles. The fourth-order valence-electron chi connectivity index (χ4n) is 2.10. The van der Waals surface area contributed by atoms with E-state index in [1.807, 2.05) is 11.3 Å². The topological polar surface area (TPSA) is 21.3 Å². The number of rotatable bonds is 8. The summed E-state index contributed by atoms with van der Waals surface area (Å²) in [5.74, 6) is 1.51. The highest BCUT2D eigenvalue weighted by Gasteiger charge is 2.05. The lowest BCUT2D eigenvalue weighted by atomic mass is 10.1. The fraction of sp³-hybridized carbons (Fsp3) is 0.444. The van der Waals surface area contributed by atoms with E-state index in [2.05, 4.69) is 67.9 Å². The maximum Gasteiger partial charge on any atom is 0.119 e. The van der Waals surface area contributed by atoms with Gasteiger partial charge >= 0.3 is 0 Å². The van der Waals surface area contributed by atoms with Gasteiger partial charge in [-0.05, 0) is 48.4 Å². The number of hydrogen-bond donors (Lipinski definition) is 1. The molecule has 3 heteroatoms. The van der Waals surface area contributed by atoms with Crippen LogP contribution in [-0.2, 0) is 6.42 Å². The highest BCUT2D eigenvalue weighted by Crippen LogP contribution is 2.18. The van der Waals surface area contributed by atoms with Crippen molar-refractivity contribution in [2.24, 2.45) is 5.92 Å². The van der Waals surface area contributed by atoms with Gasteiger partial charge in [0.1, 0.15) is 5.75 Å². The second-order valence-electron chi connectivity index (χ2n) is 5.78. The number of ether oxygens (including phenoxy) is 1. The molecule has 0 saturated heterocycles. The molecule has 0 bridgehead atoms. The van der Waals surface area contributed by atoms with Crippen LogP contribution in [0.1, 0.15) is 37.3 Å². The molecule has 0 spiro atoms. The van der Waals surface area contributed by atoms with Crippen LogP contribution in [0.3, 0.4) is 0 Å². The van der Waals surface area contributed by atoms with Crippen molar-refractivity contribution in [3.05, 3.63) is 52.2 Å². The molecule has 2 rings (SSSR count). The first-order valence-corrected chi connectivity index (χ1v) is 8.51. The summed E-state index contributed by atoms with van der Waals surface area (Å²) in [6.07, 6.45) is 1.09. The third-order valence-corrected chi connectivity index (χ3v) is 4.30. The predicted molar refractivity (Wildman–Crippen MR) is 91.2 cm³/mol. The third kappa shape index (κ3) is 5.52. The lowest BCUT2D eigenvalue weighted by molar-refractivity contribution is 0.271. The average Bonchev–Trinajstić information content (AvgIpc) is 2.99. The summed E-state index contributed by atoms with van der Waals surface area (Å²) in [4.78, 5) is 1.44. The van der Waals surface area contributed by atoms with E-state index in [-0.39, 0.29) is 0 Å². The van der Waals surface area contributed by atoms with Gasteiger partial charge in [-0.15, -0.1) is 11.3 Å². The largest absolute Gasteiger partial charge is 0.493 e. The van der Waals surface area contributed by atoms with Crippen LogP contribution >= 0.6 is 11.3 Å². The van der Waals surface area contributed by atoms with Crippen molar-refractivity contribution in [1.29, 1.82) is 0 Å².